The summed E-state index contributed by atoms with van der Waals surface area (Å²) < 4.78 is 13.3. The molecular weight excluding hydrogens is 279 g/mol. The van der Waals surface area contributed by atoms with Gasteiger partial charge in [0.2, 0.25) is 0 Å². The number of benzene rings is 1. The molecule has 1 fully saturated rings. The van der Waals surface area contributed by atoms with Crippen molar-refractivity contribution in [2.24, 2.45) is 0 Å². The van der Waals surface area contributed by atoms with Crippen LogP contribution in [0.25, 0.3) is 0 Å². The third-order valence-corrected chi connectivity index (χ3v) is 3.39. The molecular formula is C14H17FN2O4. The first-order valence-corrected chi connectivity index (χ1v) is 6.67. The number of aliphatic hydroxyl groups excluding tert-OH is 1. The molecule has 2 unspecified atom stereocenters. The van der Waals surface area contributed by atoms with Gasteiger partial charge < -0.3 is 20.4 Å². The Hall–Kier alpha value is -2.15. The van der Waals surface area contributed by atoms with Crippen LogP contribution in [0.3, 0.4) is 0 Å². The molecule has 1 heterocycles. The van der Waals surface area contributed by atoms with Crippen molar-refractivity contribution in [2.75, 3.05) is 13.1 Å². The van der Waals surface area contributed by atoms with Gasteiger partial charge in [0.15, 0.2) is 0 Å². The Labute approximate surface area is 121 Å². The third kappa shape index (κ3) is 3.91. The molecule has 1 aliphatic heterocycles. The van der Waals surface area contributed by atoms with Gasteiger partial charge >= 0.3 is 12.0 Å². The molecule has 0 aromatic heterocycles. The summed E-state index contributed by atoms with van der Waals surface area (Å²) in [7, 11) is 0. The molecule has 2 amide bonds. The normalized spacial score (nSPS) is 21.3. The SMILES string of the molecule is O=C(O)CCNC(=O)N1CC(O)CC1c1cccc(F)c1. The first-order chi connectivity index (χ1) is 9.97. The molecule has 0 aliphatic carbocycles. The lowest BCUT2D eigenvalue weighted by atomic mass is 10.0. The molecule has 3 N–H and O–H groups in total. The molecule has 6 nitrogen and oxygen atoms in total. The molecule has 21 heavy (non-hydrogen) atoms. The highest BCUT2D eigenvalue weighted by molar-refractivity contribution is 5.76. The molecule has 114 valence electrons. The lowest BCUT2D eigenvalue weighted by Gasteiger charge is -2.25. The number of carbonyl (C=O) groups is 2. The van der Waals surface area contributed by atoms with E-state index in [1.54, 1.807) is 12.1 Å². The molecule has 7 heteroatoms. The molecule has 0 saturated carbocycles. The van der Waals surface area contributed by atoms with Crippen molar-refractivity contribution in [1.29, 1.82) is 0 Å². The topological polar surface area (TPSA) is 89.9 Å². The number of carboxylic acids is 1. The zero-order valence-corrected chi connectivity index (χ0v) is 11.3. The van der Waals surface area contributed by atoms with Gasteiger partial charge in [0.1, 0.15) is 5.82 Å². The Bertz CT molecular complexity index is 537. The molecule has 0 spiro atoms. The van der Waals surface area contributed by atoms with E-state index in [0.717, 1.165) is 0 Å². The van der Waals surface area contributed by atoms with Crippen molar-refractivity contribution < 1.29 is 24.2 Å². The summed E-state index contributed by atoms with van der Waals surface area (Å²) in [5.41, 5.74) is 0.611. The first kappa shape index (κ1) is 15.2. The van der Waals surface area contributed by atoms with Crippen LogP contribution < -0.4 is 5.32 Å². The van der Waals surface area contributed by atoms with Crippen molar-refractivity contribution in [3.63, 3.8) is 0 Å². The highest BCUT2D eigenvalue weighted by Gasteiger charge is 2.35. The van der Waals surface area contributed by atoms with Crippen LogP contribution in [-0.2, 0) is 4.79 Å². The average Bonchev–Trinajstić information content (AvgIpc) is 2.80. The lowest BCUT2D eigenvalue weighted by molar-refractivity contribution is -0.136. The molecule has 1 aliphatic rings. The summed E-state index contributed by atoms with van der Waals surface area (Å²) in [5, 5.41) is 20.8. The maximum absolute atomic E-state index is 13.3. The number of nitrogens with one attached hydrogen (secondary N) is 1. The van der Waals surface area contributed by atoms with Crippen LogP contribution in [0.2, 0.25) is 0 Å². The van der Waals surface area contributed by atoms with E-state index in [1.165, 1.54) is 17.0 Å². The van der Waals surface area contributed by atoms with Crippen LogP contribution in [0.5, 0.6) is 0 Å². The number of amides is 2. The average molecular weight is 296 g/mol. The predicted octanol–water partition coefficient (Wildman–Crippen LogP) is 1.12. The number of hydrogen-bond donors (Lipinski definition) is 3. The summed E-state index contributed by atoms with van der Waals surface area (Å²) >= 11 is 0. The second-order valence-electron chi connectivity index (χ2n) is 4.99. The fourth-order valence-electron chi connectivity index (χ4n) is 2.45. The molecule has 1 aromatic carbocycles. The number of halogens is 1. The highest BCUT2D eigenvalue weighted by Crippen LogP contribution is 2.32. The molecule has 2 rings (SSSR count). The molecule has 0 bridgehead atoms. The van der Waals surface area contributed by atoms with Crippen LogP contribution in [0.15, 0.2) is 24.3 Å². The Morgan fingerprint density at radius 1 is 1.43 bits per heavy atom. The van der Waals surface area contributed by atoms with E-state index in [-0.39, 0.29) is 19.5 Å². The summed E-state index contributed by atoms with van der Waals surface area (Å²) in [6.45, 7) is 0.150. The Morgan fingerprint density at radius 2 is 2.19 bits per heavy atom. The monoisotopic (exact) mass is 296 g/mol. The van der Waals surface area contributed by atoms with Gasteiger partial charge in [-0.05, 0) is 24.1 Å². The number of rotatable bonds is 4. The van der Waals surface area contributed by atoms with Gasteiger partial charge in [-0.15, -0.1) is 0 Å². The van der Waals surface area contributed by atoms with E-state index < -0.39 is 30.0 Å². The number of hydrogen-bond acceptors (Lipinski definition) is 3. The highest BCUT2D eigenvalue weighted by atomic mass is 19.1. The maximum Gasteiger partial charge on any atom is 0.318 e. The Balaban J connectivity index is 2.06. The van der Waals surface area contributed by atoms with Crippen molar-refractivity contribution in [2.45, 2.75) is 25.0 Å². The van der Waals surface area contributed by atoms with Gasteiger partial charge in [-0.1, -0.05) is 12.1 Å². The van der Waals surface area contributed by atoms with Crippen LogP contribution >= 0.6 is 0 Å². The zero-order valence-electron chi connectivity index (χ0n) is 11.3. The van der Waals surface area contributed by atoms with Gasteiger partial charge in [-0.25, -0.2) is 9.18 Å². The fraction of sp³-hybridized carbons (Fsp3) is 0.429. The van der Waals surface area contributed by atoms with Gasteiger partial charge in [-0.3, -0.25) is 4.79 Å². The summed E-state index contributed by atoms with van der Waals surface area (Å²) in [5.74, 6) is -1.40. The maximum atomic E-state index is 13.3. The summed E-state index contributed by atoms with van der Waals surface area (Å²) in [4.78, 5) is 23.9. The quantitative estimate of drug-likeness (QED) is 0.776. The van der Waals surface area contributed by atoms with Crippen molar-refractivity contribution >= 4 is 12.0 Å². The van der Waals surface area contributed by atoms with E-state index in [2.05, 4.69) is 5.32 Å². The number of carboxylic acid groups (broad SMARTS) is 1. The fourth-order valence-corrected chi connectivity index (χ4v) is 2.45. The zero-order chi connectivity index (χ0) is 15.4. The number of β-amino-alcohol motifs (C(OH)–C–C–N with tert-alkyl or cyclic N) is 1. The van der Waals surface area contributed by atoms with Crippen molar-refractivity contribution in [3.05, 3.63) is 35.6 Å². The summed E-state index contributed by atoms with van der Waals surface area (Å²) in [6, 6.07) is 5.02. The van der Waals surface area contributed by atoms with Crippen LogP contribution in [0.1, 0.15) is 24.4 Å². The Morgan fingerprint density at radius 3 is 2.86 bits per heavy atom. The van der Waals surface area contributed by atoms with Gasteiger partial charge in [0, 0.05) is 13.1 Å². The van der Waals surface area contributed by atoms with Gasteiger partial charge in [0.05, 0.1) is 18.6 Å². The van der Waals surface area contributed by atoms with E-state index in [1.807, 2.05) is 0 Å². The first-order valence-electron chi connectivity index (χ1n) is 6.67. The Kier molecular flexibility index (Phi) is 4.74. The van der Waals surface area contributed by atoms with E-state index >= 15 is 0 Å². The second-order valence-corrected chi connectivity index (χ2v) is 4.99. The minimum atomic E-state index is -1.00. The number of urea groups is 1. The molecule has 1 saturated heterocycles. The molecule has 2 atom stereocenters. The minimum absolute atomic E-state index is 0.0105. The molecule has 0 radical (unpaired) electrons. The molecule has 1 aromatic rings. The van der Waals surface area contributed by atoms with E-state index in [9.17, 15) is 19.1 Å². The number of carbonyl (C=O) groups excluding carboxylic acids is 1. The smallest absolute Gasteiger partial charge is 0.318 e. The number of aliphatic carboxylic acids is 1. The van der Waals surface area contributed by atoms with Crippen LogP contribution in [0.4, 0.5) is 9.18 Å². The van der Waals surface area contributed by atoms with Crippen molar-refractivity contribution in [3.8, 4) is 0 Å². The van der Waals surface area contributed by atoms with E-state index in [4.69, 9.17) is 5.11 Å². The van der Waals surface area contributed by atoms with Crippen LogP contribution in [-0.4, -0.2) is 46.3 Å². The minimum Gasteiger partial charge on any atom is -0.481 e. The second kappa shape index (κ2) is 6.53. The predicted molar refractivity (Wildman–Crippen MR) is 72.1 cm³/mol. The van der Waals surface area contributed by atoms with Gasteiger partial charge in [0.25, 0.3) is 0 Å². The number of nitrogens with zero attached hydrogens (tertiary/aromatic N) is 1. The standard InChI is InChI=1S/C14H17FN2O4/c15-10-3-1-2-9(6-10)12-7-11(18)8-17(12)14(21)16-5-4-13(19)20/h1-3,6,11-12,18H,4-5,7-8H2,(H,16,21)(H,19,20). The van der Waals surface area contributed by atoms with Crippen LogP contribution in [0, 0.1) is 5.82 Å². The van der Waals surface area contributed by atoms with Gasteiger partial charge in [-0.2, -0.15) is 0 Å². The largest absolute Gasteiger partial charge is 0.481 e. The van der Waals surface area contributed by atoms with E-state index in [0.29, 0.717) is 12.0 Å². The number of aliphatic hydroxyl groups is 1. The summed E-state index contributed by atoms with van der Waals surface area (Å²) in [6.07, 6.45) is -0.522. The van der Waals surface area contributed by atoms with Crippen molar-refractivity contribution in [1.82, 2.24) is 10.2 Å². The number of likely N-dealkylation sites (tertiary alicyclic amines) is 1. The third-order valence-electron chi connectivity index (χ3n) is 3.39. The lowest BCUT2D eigenvalue weighted by Crippen LogP contribution is -2.41.